The summed E-state index contributed by atoms with van der Waals surface area (Å²) in [5.41, 5.74) is 1.09. The molecule has 2 atom stereocenters. The number of carbonyl (C=O) groups excluding carboxylic acids is 2. The third-order valence-electron chi connectivity index (χ3n) is 6.39. The molecular weight excluding hydrogens is 582 g/mol. The van der Waals surface area contributed by atoms with Crippen molar-refractivity contribution in [3.63, 3.8) is 0 Å². The number of sulfonamides is 1. The number of halogens is 1. The van der Waals surface area contributed by atoms with Crippen molar-refractivity contribution in [2.75, 3.05) is 18.0 Å². The van der Waals surface area contributed by atoms with Crippen LogP contribution in [0.2, 0.25) is 0 Å². The number of ether oxygens (including phenoxy) is 1. The minimum Gasteiger partial charge on any atom is -0.497 e. The summed E-state index contributed by atoms with van der Waals surface area (Å²) in [7, 11) is -2.54. The van der Waals surface area contributed by atoms with Gasteiger partial charge in [-0.1, -0.05) is 59.3 Å². The summed E-state index contributed by atoms with van der Waals surface area (Å²) in [4.78, 5) is 28.5. The Morgan fingerprint density at radius 3 is 2.23 bits per heavy atom. The molecule has 10 heteroatoms. The summed E-state index contributed by atoms with van der Waals surface area (Å²) >= 11 is 3.40. The van der Waals surface area contributed by atoms with Crippen LogP contribution in [0, 0.1) is 0 Å². The Balaban J connectivity index is 2.01. The van der Waals surface area contributed by atoms with Gasteiger partial charge in [0.1, 0.15) is 18.3 Å². The van der Waals surface area contributed by atoms with Crippen LogP contribution >= 0.6 is 15.9 Å². The lowest BCUT2D eigenvalue weighted by molar-refractivity contribution is -0.139. The van der Waals surface area contributed by atoms with Crippen LogP contribution in [0.4, 0.5) is 5.69 Å². The molecule has 208 valence electrons. The quantitative estimate of drug-likeness (QED) is 0.310. The second-order valence-corrected chi connectivity index (χ2v) is 11.9. The first-order chi connectivity index (χ1) is 18.6. The Hall–Kier alpha value is -3.37. The normalized spacial score (nSPS) is 12.7. The molecule has 0 aliphatic carbocycles. The number of methoxy groups -OCH3 is 1. The predicted molar refractivity (Wildman–Crippen MR) is 156 cm³/mol. The Kier molecular flexibility index (Phi) is 10.5. The van der Waals surface area contributed by atoms with Crippen molar-refractivity contribution in [3.05, 3.63) is 88.9 Å². The number of nitrogens with zero attached hydrogens (tertiary/aromatic N) is 2. The van der Waals surface area contributed by atoms with E-state index < -0.39 is 28.5 Å². The fourth-order valence-electron chi connectivity index (χ4n) is 3.86. The van der Waals surface area contributed by atoms with Crippen molar-refractivity contribution >= 4 is 43.5 Å². The van der Waals surface area contributed by atoms with Gasteiger partial charge in [0.15, 0.2) is 0 Å². The van der Waals surface area contributed by atoms with Crippen LogP contribution < -0.4 is 14.4 Å². The van der Waals surface area contributed by atoms with E-state index in [1.807, 2.05) is 26.0 Å². The smallest absolute Gasteiger partial charge is 0.264 e. The van der Waals surface area contributed by atoms with E-state index in [-0.39, 0.29) is 23.4 Å². The fraction of sp³-hybridized carbons (Fsp3) is 0.310. The van der Waals surface area contributed by atoms with Gasteiger partial charge in [0.25, 0.3) is 10.0 Å². The molecule has 3 aromatic rings. The van der Waals surface area contributed by atoms with Crippen molar-refractivity contribution in [1.29, 1.82) is 0 Å². The van der Waals surface area contributed by atoms with E-state index in [2.05, 4.69) is 21.2 Å². The molecule has 8 nitrogen and oxygen atoms in total. The number of hydrogen-bond donors (Lipinski definition) is 1. The number of amides is 2. The highest BCUT2D eigenvalue weighted by atomic mass is 79.9. The number of anilines is 1. The molecule has 0 saturated carbocycles. The first kappa shape index (κ1) is 30.2. The third-order valence-corrected chi connectivity index (χ3v) is 8.67. The average Bonchev–Trinajstić information content (AvgIpc) is 2.94. The Labute approximate surface area is 239 Å². The molecule has 0 heterocycles. The maximum absolute atomic E-state index is 13.9. The summed E-state index contributed by atoms with van der Waals surface area (Å²) < 4.78 is 34.5. The van der Waals surface area contributed by atoms with Gasteiger partial charge in [-0.3, -0.25) is 13.9 Å². The number of hydrogen-bond acceptors (Lipinski definition) is 5. The molecule has 3 rings (SSSR count). The molecule has 0 radical (unpaired) electrons. The van der Waals surface area contributed by atoms with Crippen LogP contribution in [0.5, 0.6) is 5.75 Å². The van der Waals surface area contributed by atoms with E-state index in [1.54, 1.807) is 68.6 Å². The minimum atomic E-state index is -4.10. The number of nitrogens with one attached hydrogen (secondary N) is 1. The van der Waals surface area contributed by atoms with Crippen LogP contribution in [0.15, 0.2) is 88.2 Å². The number of carbonyl (C=O) groups is 2. The SMILES string of the molecule is CC[C@@H](C)NC(=O)[C@@H](C)N(Cc1ccc(OC)cc1)C(=O)CN(c1cccc(Br)c1)S(=O)(=O)c1ccccc1. The number of benzene rings is 3. The lowest BCUT2D eigenvalue weighted by Gasteiger charge is -2.32. The summed E-state index contributed by atoms with van der Waals surface area (Å²) in [5, 5.41) is 2.93. The van der Waals surface area contributed by atoms with Gasteiger partial charge in [0, 0.05) is 17.1 Å². The van der Waals surface area contributed by atoms with Gasteiger partial charge >= 0.3 is 0 Å². The Bertz CT molecular complexity index is 1370. The summed E-state index contributed by atoms with van der Waals surface area (Å²) in [6.07, 6.45) is 0.733. The van der Waals surface area contributed by atoms with E-state index >= 15 is 0 Å². The van der Waals surface area contributed by atoms with Gasteiger partial charge in [-0.25, -0.2) is 8.42 Å². The van der Waals surface area contributed by atoms with Crippen molar-refractivity contribution in [2.45, 2.75) is 50.7 Å². The summed E-state index contributed by atoms with van der Waals surface area (Å²) in [6, 6.07) is 21.0. The molecule has 2 amide bonds. The highest BCUT2D eigenvalue weighted by Gasteiger charge is 2.32. The minimum absolute atomic E-state index is 0.0574. The standard InChI is InChI=1S/C29H34BrN3O5S/c1-5-21(2)31-29(35)22(3)32(19-23-14-16-26(38-4)17-15-23)28(34)20-33(25-11-9-10-24(30)18-25)39(36,37)27-12-7-6-8-13-27/h6-18,21-22H,5,19-20H2,1-4H3,(H,31,35)/t21-,22-/m1/s1. The van der Waals surface area contributed by atoms with Crippen LogP contribution in [0.1, 0.15) is 32.8 Å². The molecule has 0 fully saturated rings. The second-order valence-electron chi connectivity index (χ2n) is 9.17. The highest BCUT2D eigenvalue weighted by Crippen LogP contribution is 2.27. The molecule has 0 spiro atoms. The largest absolute Gasteiger partial charge is 0.497 e. The molecule has 3 aromatic carbocycles. The van der Waals surface area contributed by atoms with E-state index in [4.69, 9.17) is 4.74 Å². The molecule has 0 bridgehead atoms. The van der Waals surface area contributed by atoms with Gasteiger partial charge in [-0.2, -0.15) is 0 Å². The van der Waals surface area contributed by atoms with Crippen molar-refractivity contribution in [2.24, 2.45) is 0 Å². The topological polar surface area (TPSA) is 96.0 Å². The van der Waals surface area contributed by atoms with Crippen molar-refractivity contribution in [3.8, 4) is 5.75 Å². The monoisotopic (exact) mass is 615 g/mol. The summed E-state index contributed by atoms with van der Waals surface area (Å²) in [5.74, 6) is -0.169. The Morgan fingerprint density at radius 1 is 0.974 bits per heavy atom. The first-order valence-electron chi connectivity index (χ1n) is 12.6. The molecule has 1 N–H and O–H groups in total. The molecule has 0 unspecified atom stereocenters. The second kappa shape index (κ2) is 13.6. The van der Waals surface area contributed by atoms with E-state index in [0.29, 0.717) is 15.9 Å². The van der Waals surface area contributed by atoms with Crippen LogP contribution in [-0.4, -0.2) is 50.9 Å². The van der Waals surface area contributed by atoms with Crippen LogP contribution in [0.3, 0.4) is 0 Å². The van der Waals surface area contributed by atoms with E-state index in [0.717, 1.165) is 16.3 Å². The lowest BCUT2D eigenvalue weighted by Crippen LogP contribution is -2.52. The zero-order valence-corrected chi connectivity index (χ0v) is 24.9. The summed E-state index contributed by atoms with van der Waals surface area (Å²) in [6.45, 7) is 5.11. The van der Waals surface area contributed by atoms with Gasteiger partial charge in [-0.05, 0) is 68.3 Å². The van der Waals surface area contributed by atoms with Crippen LogP contribution in [0.25, 0.3) is 0 Å². The van der Waals surface area contributed by atoms with Crippen molar-refractivity contribution in [1.82, 2.24) is 10.2 Å². The maximum Gasteiger partial charge on any atom is 0.264 e. The Morgan fingerprint density at radius 2 is 1.64 bits per heavy atom. The zero-order valence-electron chi connectivity index (χ0n) is 22.5. The van der Waals surface area contributed by atoms with Crippen LogP contribution in [-0.2, 0) is 26.2 Å². The van der Waals surface area contributed by atoms with Gasteiger partial charge < -0.3 is 15.0 Å². The maximum atomic E-state index is 13.9. The van der Waals surface area contributed by atoms with E-state index in [1.165, 1.54) is 17.0 Å². The van der Waals surface area contributed by atoms with Gasteiger partial charge in [-0.15, -0.1) is 0 Å². The van der Waals surface area contributed by atoms with Crippen molar-refractivity contribution < 1.29 is 22.7 Å². The lowest BCUT2D eigenvalue weighted by atomic mass is 10.1. The molecule has 0 aliphatic rings. The first-order valence-corrected chi connectivity index (χ1v) is 14.9. The molecule has 0 aromatic heterocycles. The van der Waals surface area contributed by atoms with Gasteiger partial charge in [0.05, 0.1) is 17.7 Å². The number of rotatable bonds is 12. The van der Waals surface area contributed by atoms with Gasteiger partial charge in [0.2, 0.25) is 11.8 Å². The predicted octanol–water partition coefficient (Wildman–Crippen LogP) is 4.99. The molecule has 0 saturated heterocycles. The third kappa shape index (κ3) is 7.83. The molecular formula is C29H34BrN3O5S. The molecule has 0 aliphatic heterocycles. The van der Waals surface area contributed by atoms with E-state index in [9.17, 15) is 18.0 Å². The zero-order chi connectivity index (χ0) is 28.6. The average molecular weight is 617 g/mol. The fourth-order valence-corrected chi connectivity index (χ4v) is 5.67. The molecule has 39 heavy (non-hydrogen) atoms. The highest BCUT2D eigenvalue weighted by molar-refractivity contribution is 9.10.